The van der Waals surface area contributed by atoms with Gasteiger partial charge in [0.25, 0.3) is 0 Å². The maximum absolute atomic E-state index is 12.5. The van der Waals surface area contributed by atoms with Gasteiger partial charge in [-0.3, -0.25) is 9.59 Å². The van der Waals surface area contributed by atoms with E-state index in [-0.39, 0.29) is 23.5 Å². The summed E-state index contributed by atoms with van der Waals surface area (Å²) in [4.78, 5) is 36.2. The van der Waals surface area contributed by atoms with Crippen LogP contribution in [-0.4, -0.2) is 59.1 Å². The minimum absolute atomic E-state index is 0.00733. The number of hydrogen-bond acceptors (Lipinski definition) is 8. The molecule has 0 spiro atoms. The van der Waals surface area contributed by atoms with E-state index in [0.29, 0.717) is 12.0 Å². The first kappa shape index (κ1) is 23.8. The van der Waals surface area contributed by atoms with E-state index in [2.05, 4.69) is 6.58 Å². The molecule has 2 rings (SSSR count). The summed E-state index contributed by atoms with van der Waals surface area (Å²) >= 11 is 0. The molecule has 0 aromatic carbocycles. The van der Waals surface area contributed by atoms with Crippen molar-refractivity contribution in [3.63, 3.8) is 0 Å². The maximum atomic E-state index is 12.5. The fourth-order valence-electron chi connectivity index (χ4n) is 3.47. The minimum atomic E-state index is -1.03. The van der Waals surface area contributed by atoms with Crippen LogP contribution in [0.1, 0.15) is 40.5 Å². The van der Waals surface area contributed by atoms with Crippen molar-refractivity contribution in [3.8, 4) is 0 Å². The molecule has 1 aliphatic heterocycles. The van der Waals surface area contributed by atoms with Gasteiger partial charge in [-0.1, -0.05) is 20.4 Å². The molecule has 1 unspecified atom stereocenters. The largest absolute Gasteiger partial charge is 0.458 e. The van der Waals surface area contributed by atoms with Gasteiger partial charge in [0.1, 0.15) is 18.3 Å². The highest BCUT2D eigenvalue weighted by molar-refractivity contribution is 5.91. The lowest BCUT2D eigenvalue weighted by molar-refractivity contribution is -0.154. The van der Waals surface area contributed by atoms with Crippen molar-refractivity contribution in [2.24, 2.45) is 11.8 Å². The number of ether oxygens (including phenoxy) is 3. The molecule has 1 heterocycles. The van der Waals surface area contributed by atoms with Crippen molar-refractivity contribution in [3.05, 3.63) is 35.5 Å². The number of carbonyl (C=O) groups is 3. The van der Waals surface area contributed by atoms with Crippen molar-refractivity contribution in [2.45, 2.75) is 65.0 Å². The van der Waals surface area contributed by atoms with E-state index < -0.39 is 54.8 Å². The number of esters is 3. The van der Waals surface area contributed by atoms with Crippen LogP contribution < -0.4 is 0 Å². The van der Waals surface area contributed by atoms with E-state index in [4.69, 9.17) is 14.2 Å². The highest BCUT2D eigenvalue weighted by atomic mass is 16.6. The summed E-state index contributed by atoms with van der Waals surface area (Å²) in [6.45, 7) is 9.80. The maximum Gasteiger partial charge on any atom is 0.334 e. The van der Waals surface area contributed by atoms with Crippen LogP contribution in [-0.2, 0) is 28.6 Å². The highest BCUT2D eigenvalue weighted by Crippen LogP contribution is 2.36. The molecule has 1 saturated heterocycles. The zero-order valence-corrected chi connectivity index (χ0v) is 17.8. The quantitative estimate of drug-likeness (QED) is 0.297. The second-order valence-electron chi connectivity index (χ2n) is 7.79. The van der Waals surface area contributed by atoms with Crippen LogP contribution in [0.4, 0.5) is 0 Å². The number of carbonyl (C=O) groups excluding carboxylic acids is 3. The van der Waals surface area contributed by atoms with E-state index in [1.165, 1.54) is 13.0 Å². The van der Waals surface area contributed by atoms with Gasteiger partial charge in [0.2, 0.25) is 0 Å². The van der Waals surface area contributed by atoms with Crippen LogP contribution in [0.3, 0.4) is 0 Å². The van der Waals surface area contributed by atoms with Crippen LogP contribution in [0.15, 0.2) is 35.5 Å². The normalized spacial score (nSPS) is 33.9. The first-order valence-corrected chi connectivity index (χ1v) is 10.0. The Morgan fingerprint density at radius 2 is 2.00 bits per heavy atom. The zero-order chi connectivity index (χ0) is 22.6. The molecule has 8 heteroatoms. The Hall–Kier alpha value is -2.45. The summed E-state index contributed by atoms with van der Waals surface area (Å²) in [5.74, 6) is -2.74. The fourth-order valence-corrected chi connectivity index (χ4v) is 3.47. The van der Waals surface area contributed by atoms with E-state index in [1.807, 2.05) is 6.92 Å². The van der Waals surface area contributed by atoms with E-state index in [0.717, 1.165) is 0 Å². The topological polar surface area (TPSA) is 119 Å². The Morgan fingerprint density at radius 1 is 1.33 bits per heavy atom. The Bertz CT molecular complexity index is 765. The SMILES string of the molecule is C=C1C(=O)OC2/C=C(/CO)[C@@H](OC(C)=O)C[C@@H](O)/C(C)=C\[C@@H](OC(=O)[C@@H](C)CC)[C@@H]12. The van der Waals surface area contributed by atoms with Crippen LogP contribution in [0.25, 0.3) is 0 Å². The number of hydrogen-bond donors (Lipinski definition) is 2. The van der Waals surface area contributed by atoms with Crippen molar-refractivity contribution < 1.29 is 38.8 Å². The van der Waals surface area contributed by atoms with Crippen LogP contribution in [0, 0.1) is 11.8 Å². The third kappa shape index (κ3) is 5.37. The molecule has 1 fully saturated rings. The van der Waals surface area contributed by atoms with Gasteiger partial charge in [-0.05, 0) is 36.6 Å². The fraction of sp³-hybridized carbons (Fsp3) is 0.591. The molecule has 30 heavy (non-hydrogen) atoms. The molecule has 0 amide bonds. The number of aliphatic hydroxyl groups is 2. The van der Waals surface area contributed by atoms with Crippen molar-refractivity contribution >= 4 is 17.9 Å². The molecule has 2 aliphatic rings. The standard InChI is InChI=1S/C22H30O8/c1-6-11(2)21(26)29-18-7-12(3)16(25)9-17(28-14(5)24)15(10-23)8-19-20(18)13(4)22(27)30-19/h7-8,11,16-20,23,25H,4,6,9-10H2,1-3,5H3/b12-7-,15-8-/t11-,16+,17-,18+,19?,20+/m0/s1. The molecule has 1 aliphatic carbocycles. The summed E-state index contributed by atoms with van der Waals surface area (Å²) in [7, 11) is 0. The summed E-state index contributed by atoms with van der Waals surface area (Å²) in [6, 6.07) is 0. The summed E-state index contributed by atoms with van der Waals surface area (Å²) < 4.78 is 16.4. The van der Waals surface area contributed by atoms with Crippen LogP contribution >= 0.6 is 0 Å². The average molecular weight is 422 g/mol. The predicted octanol–water partition coefficient (Wildman–Crippen LogP) is 1.60. The van der Waals surface area contributed by atoms with Crippen molar-refractivity contribution in [2.75, 3.05) is 6.61 Å². The summed E-state index contributed by atoms with van der Waals surface area (Å²) in [5.41, 5.74) is 0.876. The van der Waals surface area contributed by atoms with Gasteiger partial charge in [-0.25, -0.2) is 4.79 Å². The average Bonchev–Trinajstić information content (AvgIpc) is 2.96. The molecule has 0 aromatic rings. The van der Waals surface area contributed by atoms with Crippen molar-refractivity contribution in [1.82, 2.24) is 0 Å². The smallest absolute Gasteiger partial charge is 0.334 e. The van der Waals surface area contributed by atoms with Gasteiger partial charge < -0.3 is 24.4 Å². The first-order chi connectivity index (χ1) is 14.1. The Morgan fingerprint density at radius 3 is 2.57 bits per heavy atom. The molecule has 2 N–H and O–H groups in total. The lowest BCUT2D eigenvalue weighted by Crippen LogP contribution is -2.36. The lowest BCUT2D eigenvalue weighted by Gasteiger charge is -2.29. The van der Waals surface area contributed by atoms with Gasteiger partial charge in [0, 0.05) is 18.9 Å². The first-order valence-electron chi connectivity index (χ1n) is 10.0. The molecule has 0 radical (unpaired) electrons. The molecule has 0 saturated carbocycles. The number of rotatable bonds is 5. The Balaban J connectivity index is 2.53. The Labute approximate surface area is 176 Å². The van der Waals surface area contributed by atoms with Gasteiger partial charge in [-0.2, -0.15) is 0 Å². The highest BCUT2D eigenvalue weighted by Gasteiger charge is 2.45. The van der Waals surface area contributed by atoms with Gasteiger partial charge in [0.05, 0.1) is 24.5 Å². The van der Waals surface area contributed by atoms with E-state index in [9.17, 15) is 24.6 Å². The molecule has 166 valence electrons. The lowest BCUT2D eigenvalue weighted by atomic mass is 9.85. The van der Waals surface area contributed by atoms with E-state index in [1.54, 1.807) is 19.9 Å². The minimum Gasteiger partial charge on any atom is -0.458 e. The van der Waals surface area contributed by atoms with Gasteiger partial charge >= 0.3 is 17.9 Å². The van der Waals surface area contributed by atoms with Crippen molar-refractivity contribution in [1.29, 1.82) is 0 Å². The van der Waals surface area contributed by atoms with E-state index >= 15 is 0 Å². The summed E-state index contributed by atoms with van der Waals surface area (Å²) in [5, 5.41) is 20.5. The molecule has 6 atom stereocenters. The third-order valence-electron chi connectivity index (χ3n) is 5.56. The molecular formula is C22H30O8. The molecule has 8 nitrogen and oxygen atoms in total. The van der Waals surface area contributed by atoms with Gasteiger partial charge in [0.15, 0.2) is 0 Å². The predicted molar refractivity (Wildman–Crippen MR) is 107 cm³/mol. The summed E-state index contributed by atoms with van der Waals surface area (Å²) in [6.07, 6.45) is -0.0639. The second kappa shape index (κ2) is 10.0. The number of aliphatic hydroxyl groups excluding tert-OH is 2. The monoisotopic (exact) mass is 422 g/mol. The molecular weight excluding hydrogens is 392 g/mol. The van der Waals surface area contributed by atoms with Crippen LogP contribution in [0.5, 0.6) is 0 Å². The molecule has 0 aromatic heterocycles. The second-order valence-corrected chi connectivity index (χ2v) is 7.79. The third-order valence-corrected chi connectivity index (χ3v) is 5.56. The number of fused-ring (bicyclic) bond motifs is 1. The van der Waals surface area contributed by atoms with Gasteiger partial charge in [-0.15, -0.1) is 0 Å². The molecule has 0 bridgehead atoms. The van der Waals surface area contributed by atoms with Crippen LogP contribution in [0.2, 0.25) is 0 Å². The zero-order valence-electron chi connectivity index (χ0n) is 17.8. The Kier molecular flexibility index (Phi) is 7.97.